The molecule has 1 saturated heterocycles. The maximum atomic E-state index is 12.7. The van der Waals surface area contributed by atoms with Crippen molar-refractivity contribution in [3.8, 4) is 0 Å². The number of benzene rings is 1. The molecule has 1 amide bonds. The summed E-state index contributed by atoms with van der Waals surface area (Å²) in [7, 11) is 0. The Morgan fingerprint density at radius 3 is 2.67 bits per heavy atom. The summed E-state index contributed by atoms with van der Waals surface area (Å²) in [6, 6.07) is 7.13. The van der Waals surface area contributed by atoms with Crippen LogP contribution in [-0.2, 0) is 4.79 Å². The lowest BCUT2D eigenvalue weighted by atomic mass is 9.73. The molecule has 1 aromatic rings. The first kappa shape index (κ1) is 14.2. The molecule has 2 aliphatic heterocycles. The number of hydrogen-bond acceptors (Lipinski definition) is 4. The normalized spacial score (nSPS) is 25.4. The topological polar surface area (TPSA) is 69.6 Å². The van der Waals surface area contributed by atoms with Crippen LogP contribution in [0.2, 0.25) is 0 Å². The highest BCUT2D eigenvalue weighted by Crippen LogP contribution is 2.38. The van der Waals surface area contributed by atoms with Gasteiger partial charge in [0.1, 0.15) is 6.61 Å². The van der Waals surface area contributed by atoms with Crippen LogP contribution in [0.3, 0.4) is 0 Å². The van der Waals surface area contributed by atoms with Crippen molar-refractivity contribution in [2.24, 2.45) is 5.92 Å². The van der Waals surface area contributed by atoms with Crippen LogP contribution >= 0.6 is 0 Å². The van der Waals surface area contributed by atoms with Crippen molar-refractivity contribution in [1.82, 2.24) is 10.2 Å². The van der Waals surface area contributed by atoms with Gasteiger partial charge < -0.3 is 15.3 Å². The number of Topliss-reactive ketones (excluding diaryl/α,β-unsaturated/α-hetero) is 1. The number of aliphatic hydroxyl groups excluding tert-OH is 1. The smallest absolute Gasteiger partial charge is 0.254 e. The predicted octanol–water partition coefficient (Wildman–Crippen LogP) is 0.395. The standard InChI is InChI=1S/C16H20N2O3/c1-2-18-15(10-7-17-8-10)14(13(20)9-19)11-5-3-4-6-12(11)16(18)21/h3-6,10,14-15,17,19H,2,7-9H2,1H3. The summed E-state index contributed by atoms with van der Waals surface area (Å²) in [6.07, 6.45) is 0. The number of rotatable bonds is 4. The Balaban J connectivity index is 2.12. The fraction of sp³-hybridized carbons (Fsp3) is 0.500. The second-order valence-electron chi connectivity index (χ2n) is 5.69. The molecular weight excluding hydrogens is 268 g/mol. The molecule has 0 aromatic heterocycles. The lowest BCUT2D eigenvalue weighted by molar-refractivity contribution is -0.125. The van der Waals surface area contributed by atoms with Crippen molar-refractivity contribution in [2.75, 3.05) is 26.2 Å². The van der Waals surface area contributed by atoms with Crippen molar-refractivity contribution < 1.29 is 14.7 Å². The minimum atomic E-state index is -0.485. The molecular formula is C16H20N2O3. The molecule has 2 atom stereocenters. The summed E-state index contributed by atoms with van der Waals surface area (Å²) in [5.74, 6) is -0.365. The lowest BCUT2D eigenvalue weighted by Crippen LogP contribution is -2.61. The molecule has 0 bridgehead atoms. The maximum absolute atomic E-state index is 12.7. The van der Waals surface area contributed by atoms with E-state index in [0.29, 0.717) is 12.1 Å². The fourth-order valence-corrected chi connectivity index (χ4v) is 3.51. The van der Waals surface area contributed by atoms with Gasteiger partial charge in [-0.3, -0.25) is 9.59 Å². The molecule has 2 N–H and O–H groups in total. The van der Waals surface area contributed by atoms with E-state index in [0.717, 1.165) is 18.7 Å². The van der Waals surface area contributed by atoms with Crippen LogP contribution in [-0.4, -0.2) is 54.0 Å². The average molecular weight is 288 g/mol. The zero-order valence-electron chi connectivity index (χ0n) is 12.1. The van der Waals surface area contributed by atoms with Crippen LogP contribution in [0.15, 0.2) is 24.3 Å². The Hall–Kier alpha value is -1.72. The van der Waals surface area contributed by atoms with E-state index in [2.05, 4.69) is 5.32 Å². The molecule has 3 rings (SSSR count). The van der Waals surface area contributed by atoms with Crippen LogP contribution < -0.4 is 5.32 Å². The minimum Gasteiger partial charge on any atom is -0.389 e. The van der Waals surface area contributed by atoms with Gasteiger partial charge in [-0.25, -0.2) is 0 Å². The highest BCUT2D eigenvalue weighted by Gasteiger charge is 2.47. The largest absolute Gasteiger partial charge is 0.389 e. The van der Waals surface area contributed by atoms with Gasteiger partial charge in [0.25, 0.3) is 5.91 Å². The molecule has 0 saturated carbocycles. The molecule has 1 aromatic carbocycles. The maximum Gasteiger partial charge on any atom is 0.254 e. The number of likely N-dealkylation sites (N-methyl/N-ethyl adjacent to an activating group) is 1. The Bertz CT molecular complexity index is 568. The molecule has 112 valence electrons. The zero-order chi connectivity index (χ0) is 15.0. The molecule has 0 aliphatic carbocycles. The van der Waals surface area contributed by atoms with Crippen LogP contribution in [0.25, 0.3) is 0 Å². The first-order chi connectivity index (χ1) is 10.2. The zero-order valence-corrected chi connectivity index (χ0v) is 12.1. The van der Waals surface area contributed by atoms with Gasteiger partial charge in [0.05, 0.1) is 12.0 Å². The molecule has 5 heteroatoms. The molecule has 2 heterocycles. The van der Waals surface area contributed by atoms with Crippen LogP contribution in [0.4, 0.5) is 0 Å². The molecule has 0 radical (unpaired) electrons. The monoisotopic (exact) mass is 288 g/mol. The van der Waals surface area contributed by atoms with Crippen LogP contribution in [0.1, 0.15) is 28.8 Å². The van der Waals surface area contributed by atoms with Gasteiger partial charge in [-0.15, -0.1) is 0 Å². The minimum absolute atomic E-state index is 0.00742. The Labute approximate surface area is 123 Å². The van der Waals surface area contributed by atoms with E-state index in [1.165, 1.54) is 0 Å². The first-order valence-electron chi connectivity index (χ1n) is 7.43. The van der Waals surface area contributed by atoms with E-state index in [1.807, 2.05) is 25.1 Å². The molecule has 0 spiro atoms. The highest BCUT2D eigenvalue weighted by molar-refractivity contribution is 6.01. The molecule has 1 fully saturated rings. The van der Waals surface area contributed by atoms with E-state index in [-0.39, 0.29) is 23.7 Å². The SMILES string of the molecule is CCN1C(=O)c2ccccc2C(C(=O)CO)C1C1CNC1. The van der Waals surface area contributed by atoms with Crippen molar-refractivity contribution in [3.63, 3.8) is 0 Å². The number of hydrogen-bond donors (Lipinski definition) is 2. The summed E-state index contributed by atoms with van der Waals surface area (Å²) in [5, 5.41) is 12.6. The van der Waals surface area contributed by atoms with Crippen molar-refractivity contribution in [3.05, 3.63) is 35.4 Å². The Morgan fingerprint density at radius 1 is 1.38 bits per heavy atom. The van der Waals surface area contributed by atoms with Gasteiger partial charge in [-0.2, -0.15) is 0 Å². The molecule has 2 unspecified atom stereocenters. The van der Waals surface area contributed by atoms with E-state index in [4.69, 9.17) is 0 Å². The second-order valence-corrected chi connectivity index (χ2v) is 5.69. The number of aliphatic hydroxyl groups is 1. The summed E-state index contributed by atoms with van der Waals surface area (Å²) in [4.78, 5) is 26.8. The molecule has 2 aliphatic rings. The van der Waals surface area contributed by atoms with Crippen molar-refractivity contribution in [1.29, 1.82) is 0 Å². The third-order valence-electron chi connectivity index (χ3n) is 4.63. The summed E-state index contributed by atoms with van der Waals surface area (Å²) in [6.45, 7) is 3.65. The highest BCUT2D eigenvalue weighted by atomic mass is 16.3. The summed E-state index contributed by atoms with van der Waals surface area (Å²) >= 11 is 0. The van der Waals surface area contributed by atoms with Crippen molar-refractivity contribution in [2.45, 2.75) is 18.9 Å². The van der Waals surface area contributed by atoms with Gasteiger partial charge in [0.15, 0.2) is 5.78 Å². The second kappa shape index (κ2) is 5.58. The van der Waals surface area contributed by atoms with Crippen LogP contribution in [0.5, 0.6) is 0 Å². The van der Waals surface area contributed by atoms with E-state index >= 15 is 0 Å². The number of carbonyl (C=O) groups is 2. The molecule has 21 heavy (non-hydrogen) atoms. The van der Waals surface area contributed by atoms with Gasteiger partial charge >= 0.3 is 0 Å². The number of ketones is 1. The molecule has 5 nitrogen and oxygen atoms in total. The number of fused-ring (bicyclic) bond motifs is 1. The van der Waals surface area contributed by atoms with Gasteiger partial charge in [-0.05, 0) is 18.6 Å². The summed E-state index contributed by atoms with van der Waals surface area (Å²) < 4.78 is 0. The Kier molecular flexibility index (Phi) is 3.78. The number of nitrogens with one attached hydrogen (secondary N) is 1. The van der Waals surface area contributed by atoms with Gasteiger partial charge in [-0.1, -0.05) is 18.2 Å². The van der Waals surface area contributed by atoms with E-state index in [9.17, 15) is 14.7 Å². The number of amides is 1. The van der Waals surface area contributed by atoms with E-state index in [1.54, 1.807) is 11.0 Å². The predicted molar refractivity (Wildman–Crippen MR) is 78.1 cm³/mol. The lowest BCUT2D eigenvalue weighted by Gasteiger charge is -2.47. The third kappa shape index (κ3) is 2.17. The van der Waals surface area contributed by atoms with Crippen LogP contribution in [0, 0.1) is 5.92 Å². The quantitative estimate of drug-likeness (QED) is 0.841. The number of carbonyl (C=O) groups excluding carboxylic acids is 2. The van der Waals surface area contributed by atoms with Gasteiger partial charge in [0, 0.05) is 31.1 Å². The van der Waals surface area contributed by atoms with Crippen molar-refractivity contribution >= 4 is 11.7 Å². The average Bonchev–Trinajstić information content (AvgIpc) is 2.46. The third-order valence-corrected chi connectivity index (χ3v) is 4.63. The summed E-state index contributed by atoms with van der Waals surface area (Å²) in [5.41, 5.74) is 1.36. The fourth-order valence-electron chi connectivity index (χ4n) is 3.51. The number of nitrogens with zero attached hydrogens (tertiary/aromatic N) is 1. The first-order valence-corrected chi connectivity index (χ1v) is 7.43. The Morgan fingerprint density at radius 2 is 2.10 bits per heavy atom. The van der Waals surface area contributed by atoms with E-state index < -0.39 is 12.5 Å². The van der Waals surface area contributed by atoms with Gasteiger partial charge in [0.2, 0.25) is 0 Å².